The average Bonchev–Trinajstić information content (AvgIpc) is 2.53. The Hall–Kier alpha value is -0.900. The second-order valence-electron chi connectivity index (χ2n) is 5.97. The van der Waals surface area contributed by atoms with Gasteiger partial charge in [0.2, 0.25) is 0 Å². The van der Waals surface area contributed by atoms with Crippen LogP contribution < -0.4 is 9.47 Å². The molecule has 2 aliphatic rings. The molecule has 1 fully saturated rings. The Kier molecular flexibility index (Phi) is 4.21. The van der Waals surface area contributed by atoms with Crippen molar-refractivity contribution in [2.24, 2.45) is 0 Å². The lowest BCUT2D eigenvalue weighted by molar-refractivity contribution is 0.0502. The van der Waals surface area contributed by atoms with Crippen LogP contribution in [0.5, 0.6) is 11.5 Å². The van der Waals surface area contributed by atoms with Crippen LogP contribution in [0.25, 0.3) is 0 Å². The molecule has 2 aromatic carbocycles. The number of fused-ring (bicyclic) bond motifs is 4. The van der Waals surface area contributed by atoms with Crippen molar-refractivity contribution in [3.8, 4) is 11.5 Å². The fraction of sp³-hybridized carbons (Fsp3) is 0.333. The van der Waals surface area contributed by atoms with E-state index in [1.165, 1.54) is 0 Å². The van der Waals surface area contributed by atoms with E-state index in [0.717, 1.165) is 29.9 Å². The summed E-state index contributed by atoms with van der Waals surface area (Å²) in [5.41, 5.74) is 1.12. The first-order valence-electron chi connectivity index (χ1n) is 7.65. The van der Waals surface area contributed by atoms with Crippen LogP contribution in [0, 0.1) is 0 Å². The van der Waals surface area contributed by atoms with Gasteiger partial charge in [0, 0.05) is 16.5 Å². The maximum atomic E-state index is 6.33. The number of alkyl halides is 1. The van der Waals surface area contributed by atoms with E-state index in [1.54, 1.807) is 0 Å². The van der Waals surface area contributed by atoms with Gasteiger partial charge in [0.25, 0.3) is 0 Å². The number of halogens is 3. The first-order valence-corrected chi connectivity index (χ1v) is 9.32. The van der Waals surface area contributed by atoms with Gasteiger partial charge in [0.05, 0.1) is 9.85 Å². The van der Waals surface area contributed by atoms with Crippen molar-refractivity contribution in [3.63, 3.8) is 0 Å². The van der Waals surface area contributed by atoms with Crippen molar-refractivity contribution in [1.82, 2.24) is 0 Å². The summed E-state index contributed by atoms with van der Waals surface area (Å²) < 4.78 is 12.4. The molecule has 0 spiro atoms. The third-order valence-electron chi connectivity index (χ3n) is 4.56. The molecule has 1 aliphatic carbocycles. The topological polar surface area (TPSA) is 18.5 Å². The van der Waals surface area contributed by atoms with Gasteiger partial charge in [-0.05, 0) is 43.2 Å². The lowest BCUT2D eigenvalue weighted by Gasteiger charge is -2.45. The van der Waals surface area contributed by atoms with Gasteiger partial charge in [-0.3, -0.25) is 0 Å². The minimum atomic E-state index is 0.0814. The van der Waals surface area contributed by atoms with Gasteiger partial charge in [0.15, 0.2) is 0 Å². The van der Waals surface area contributed by atoms with E-state index in [0.29, 0.717) is 10.0 Å². The molecule has 0 saturated heterocycles. The molecule has 1 heterocycles. The molecule has 1 saturated carbocycles. The van der Waals surface area contributed by atoms with Gasteiger partial charge in [-0.1, -0.05) is 51.3 Å². The maximum absolute atomic E-state index is 6.33. The summed E-state index contributed by atoms with van der Waals surface area (Å²) in [5, 5.41) is 1.38. The Balaban J connectivity index is 1.68. The number of para-hydroxylation sites is 1. The van der Waals surface area contributed by atoms with E-state index in [9.17, 15) is 0 Å². The van der Waals surface area contributed by atoms with Crippen LogP contribution in [-0.4, -0.2) is 17.0 Å². The number of benzene rings is 2. The second-order valence-corrected chi connectivity index (χ2v) is 7.87. The van der Waals surface area contributed by atoms with Crippen LogP contribution in [-0.2, 0) is 0 Å². The summed E-state index contributed by atoms with van der Waals surface area (Å²) >= 11 is 16.1. The summed E-state index contributed by atoms with van der Waals surface area (Å²) in [6.45, 7) is 0. The molecule has 120 valence electrons. The molecule has 1 aliphatic heterocycles. The van der Waals surface area contributed by atoms with E-state index in [-0.39, 0.29) is 23.0 Å². The maximum Gasteiger partial charge on any atom is 0.142 e. The molecule has 0 aromatic heterocycles. The predicted molar refractivity (Wildman–Crippen MR) is 96.4 cm³/mol. The summed E-state index contributed by atoms with van der Waals surface area (Å²) in [7, 11) is 0. The van der Waals surface area contributed by atoms with Gasteiger partial charge in [0.1, 0.15) is 23.7 Å². The fourth-order valence-electron chi connectivity index (χ4n) is 3.48. The smallest absolute Gasteiger partial charge is 0.142 e. The molecule has 4 rings (SSSR count). The number of hydrogen-bond acceptors (Lipinski definition) is 2. The first kappa shape index (κ1) is 15.6. The molecule has 0 amide bonds. The zero-order valence-electron chi connectivity index (χ0n) is 12.2. The predicted octanol–water partition coefficient (Wildman–Crippen LogP) is 5.84. The van der Waals surface area contributed by atoms with Crippen molar-refractivity contribution < 1.29 is 9.47 Å². The third-order valence-corrected chi connectivity index (χ3v) is 6.27. The molecule has 0 N–H and O–H groups in total. The minimum Gasteiger partial charge on any atom is -0.490 e. The quantitative estimate of drug-likeness (QED) is 0.575. The summed E-state index contributed by atoms with van der Waals surface area (Å²) in [6.07, 6.45) is 2.11. The Morgan fingerprint density at radius 3 is 2.61 bits per heavy atom. The normalized spacial score (nSPS) is 28.7. The zero-order chi connectivity index (χ0) is 16.0. The highest BCUT2D eigenvalue weighted by atomic mass is 79.9. The molecule has 2 nitrogen and oxygen atoms in total. The lowest BCUT2D eigenvalue weighted by Crippen LogP contribution is -2.48. The van der Waals surface area contributed by atoms with Crippen molar-refractivity contribution in [1.29, 1.82) is 0 Å². The summed E-state index contributed by atoms with van der Waals surface area (Å²) in [6, 6.07) is 13.5. The molecule has 2 aromatic rings. The third kappa shape index (κ3) is 2.84. The van der Waals surface area contributed by atoms with Crippen LogP contribution in [0.4, 0.5) is 0 Å². The Labute approximate surface area is 153 Å². The summed E-state index contributed by atoms with van der Waals surface area (Å²) in [4.78, 5) is 0.222. The number of hydrogen-bond donors (Lipinski definition) is 0. The molecule has 5 heteroatoms. The Morgan fingerprint density at radius 1 is 1.04 bits per heavy atom. The van der Waals surface area contributed by atoms with E-state index in [4.69, 9.17) is 32.7 Å². The molecule has 2 bridgehead atoms. The van der Waals surface area contributed by atoms with Crippen LogP contribution in [0.3, 0.4) is 0 Å². The minimum absolute atomic E-state index is 0.0814. The van der Waals surface area contributed by atoms with Crippen molar-refractivity contribution in [3.05, 3.63) is 58.1 Å². The Bertz CT molecular complexity index is 719. The second kappa shape index (κ2) is 6.19. The number of rotatable bonds is 2. The SMILES string of the molecule is Clc1ccc(OC2CC[C@H]3Oc4c(Cl)cccc4[C@@H]2C3Br)cc1. The monoisotopic (exact) mass is 412 g/mol. The highest BCUT2D eigenvalue weighted by Gasteiger charge is 2.46. The van der Waals surface area contributed by atoms with Gasteiger partial charge in [-0.2, -0.15) is 0 Å². The van der Waals surface area contributed by atoms with Crippen molar-refractivity contribution in [2.45, 2.75) is 35.8 Å². The molecular weight excluding hydrogens is 399 g/mol. The largest absolute Gasteiger partial charge is 0.490 e. The highest BCUT2D eigenvalue weighted by Crippen LogP contribution is 2.50. The lowest BCUT2D eigenvalue weighted by atomic mass is 9.77. The van der Waals surface area contributed by atoms with Gasteiger partial charge in [-0.15, -0.1) is 0 Å². The van der Waals surface area contributed by atoms with Crippen LogP contribution in [0.15, 0.2) is 42.5 Å². The standard InChI is InChI=1S/C18H15BrCl2O2/c19-17-15-9-8-14(22-11-6-4-10(20)5-7-11)16(17)12-2-1-3-13(21)18(12)23-15/h1-7,14-17H,8-9H2/t14?,15-,16+,17?/m1/s1. The van der Waals surface area contributed by atoms with Crippen LogP contribution >= 0.6 is 39.1 Å². The molecule has 2 unspecified atom stereocenters. The van der Waals surface area contributed by atoms with Gasteiger partial charge < -0.3 is 9.47 Å². The highest BCUT2D eigenvalue weighted by molar-refractivity contribution is 9.09. The molecule has 23 heavy (non-hydrogen) atoms. The van der Waals surface area contributed by atoms with Crippen molar-refractivity contribution in [2.75, 3.05) is 0 Å². The van der Waals surface area contributed by atoms with Gasteiger partial charge in [-0.25, -0.2) is 0 Å². The van der Waals surface area contributed by atoms with Gasteiger partial charge >= 0.3 is 0 Å². The number of ether oxygens (including phenoxy) is 2. The zero-order valence-corrected chi connectivity index (χ0v) is 15.3. The van der Waals surface area contributed by atoms with E-state index in [1.807, 2.05) is 36.4 Å². The summed E-state index contributed by atoms with van der Waals surface area (Å²) in [5.74, 6) is 1.86. The molecular formula is C18H15BrCl2O2. The van der Waals surface area contributed by atoms with Crippen molar-refractivity contribution >= 4 is 39.1 Å². The molecule has 0 radical (unpaired) electrons. The Morgan fingerprint density at radius 2 is 1.83 bits per heavy atom. The fourth-order valence-corrected chi connectivity index (χ4v) is 4.83. The van der Waals surface area contributed by atoms with E-state index >= 15 is 0 Å². The van der Waals surface area contributed by atoms with E-state index in [2.05, 4.69) is 22.0 Å². The van der Waals surface area contributed by atoms with Crippen LogP contribution in [0.1, 0.15) is 24.3 Å². The molecule has 4 atom stereocenters. The van der Waals surface area contributed by atoms with E-state index < -0.39 is 0 Å². The first-order chi connectivity index (χ1) is 11.1. The average molecular weight is 414 g/mol. The van der Waals surface area contributed by atoms with Crippen LogP contribution in [0.2, 0.25) is 10.0 Å².